The third-order valence-electron chi connectivity index (χ3n) is 5.16. The number of hydrogen-bond donors (Lipinski definition) is 2. The highest BCUT2D eigenvalue weighted by atomic mass is 16.7. The minimum atomic E-state index is -1.18. The van der Waals surface area contributed by atoms with Crippen LogP contribution >= 0.6 is 0 Å². The molecule has 0 aromatic carbocycles. The van der Waals surface area contributed by atoms with Gasteiger partial charge in [-0.05, 0) is 48.5 Å². The van der Waals surface area contributed by atoms with Crippen LogP contribution in [-0.4, -0.2) is 44.3 Å². The number of aliphatic hydroxyl groups is 2. The molecule has 0 spiro atoms. The molecule has 0 aliphatic carbocycles. The molecular weight excluding hydrogens is 220 g/mol. The van der Waals surface area contributed by atoms with Crippen molar-refractivity contribution in [3.63, 3.8) is 0 Å². The van der Waals surface area contributed by atoms with Crippen molar-refractivity contribution in [1.82, 2.24) is 0 Å². The van der Waals surface area contributed by atoms with E-state index in [9.17, 15) is 10.2 Å². The third kappa shape index (κ3) is 1.17. The highest BCUT2D eigenvalue weighted by Gasteiger charge is 2.79. The first-order valence-corrected chi connectivity index (χ1v) is 6.13. The van der Waals surface area contributed by atoms with Crippen molar-refractivity contribution in [3.8, 4) is 0 Å². The van der Waals surface area contributed by atoms with E-state index in [1.807, 2.05) is 41.5 Å². The van der Waals surface area contributed by atoms with Crippen molar-refractivity contribution in [3.05, 3.63) is 0 Å². The smallest absolute Gasteiger partial charge is 0.129 e. The second kappa shape index (κ2) is 2.87. The molecule has 2 aliphatic rings. The fraction of sp³-hybridized carbons (Fsp3) is 1.00. The zero-order valence-electron chi connectivity index (χ0n) is 11.8. The van der Waals surface area contributed by atoms with E-state index in [-0.39, 0.29) is 0 Å². The van der Waals surface area contributed by atoms with E-state index >= 15 is 0 Å². The van der Waals surface area contributed by atoms with Gasteiger partial charge in [-0.25, -0.2) is 0 Å². The molecule has 17 heavy (non-hydrogen) atoms. The van der Waals surface area contributed by atoms with Crippen LogP contribution in [0.3, 0.4) is 0 Å². The fourth-order valence-corrected chi connectivity index (χ4v) is 3.55. The molecule has 4 unspecified atom stereocenters. The molecule has 100 valence electrons. The summed E-state index contributed by atoms with van der Waals surface area (Å²) in [4.78, 5) is 0. The van der Waals surface area contributed by atoms with Gasteiger partial charge < -0.3 is 19.7 Å². The van der Waals surface area contributed by atoms with Crippen LogP contribution in [0.15, 0.2) is 0 Å². The van der Waals surface area contributed by atoms with Crippen molar-refractivity contribution < 1.29 is 19.7 Å². The van der Waals surface area contributed by atoms with Gasteiger partial charge in [-0.2, -0.15) is 0 Å². The minimum Gasteiger partial charge on any atom is -0.387 e. The first-order chi connectivity index (χ1) is 7.32. The molecule has 2 heterocycles. The standard InChI is InChI=1S/C13H24O4/c1-9(2)8(14)11(5)13(7,16-9)12(6,15)10(3,4)17-11/h8,14-15H,1-7H3. The summed E-state index contributed by atoms with van der Waals surface area (Å²) in [5, 5.41) is 21.3. The van der Waals surface area contributed by atoms with Gasteiger partial charge in [0.05, 0.1) is 11.2 Å². The van der Waals surface area contributed by atoms with E-state index in [0.29, 0.717) is 0 Å². The lowest BCUT2D eigenvalue weighted by Gasteiger charge is -2.42. The van der Waals surface area contributed by atoms with E-state index in [1.165, 1.54) is 0 Å². The van der Waals surface area contributed by atoms with Crippen molar-refractivity contribution in [2.75, 3.05) is 0 Å². The SMILES string of the molecule is CC1(C)OC2(C)C(C)(OC(C)(C)C2(C)O)C1O. The van der Waals surface area contributed by atoms with Gasteiger partial charge in [-0.1, -0.05) is 0 Å². The summed E-state index contributed by atoms with van der Waals surface area (Å²) in [5.41, 5.74) is -4.53. The maximum absolute atomic E-state index is 10.8. The second-order valence-electron chi connectivity index (χ2n) is 6.93. The van der Waals surface area contributed by atoms with Gasteiger partial charge in [0.1, 0.15) is 22.9 Å². The molecule has 2 saturated heterocycles. The summed E-state index contributed by atoms with van der Waals surface area (Å²) >= 11 is 0. The lowest BCUT2D eigenvalue weighted by molar-refractivity contribution is -0.203. The Bertz CT molecular complexity index is 360. The zero-order valence-corrected chi connectivity index (χ0v) is 11.8. The van der Waals surface area contributed by atoms with E-state index in [4.69, 9.17) is 9.47 Å². The van der Waals surface area contributed by atoms with E-state index < -0.39 is 34.1 Å². The van der Waals surface area contributed by atoms with Gasteiger partial charge in [0, 0.05) is 0 Å². The quantitative estimate of drug-likeness (QED) is 0.673. The Morgan fingerprint density at radius 2 is 1.35 bits per heavy atom. The van der Waals surface area contributed by atoms with Crippen LogP contribution in [0, 0.1) is 0 Å². The summed E-state index contributed by atoms with van der Waals surface area (Å²) in [6.45, 7) is 12.6. The predicted molar refractivity (Wildman–Crippen MR) is 63.8 cm³/mol. The molecule has 2 N–H and O–H groups in total. The molecule has 0 radical (unpaired) electrons. The van der Waals surface area contributed by atoms with Gasteiger partial charge in [0.2, 0.25) is 0 Å². The lowest BCUT2D eigenvalue weighted by atomic mass is 9.70. The summed E-state index contributed by atoms with van der Waals surface area (Å²) in [6, 6.07) is 0. The monoisotopic (exact) mass is 244 g/mol. The Kier molecular flexibility index (Phi) is 2.24. The first-order valence-electron chi connectivity index (χ1n) is 6.13. The number of aliphatic hydroxyl groups excluding tert-OH is 1. The van der Waals surface area contributed by atoms with Crippen molar-refractivity contribution in [2.45, 2.75) is 82.6 Å². The molecule has 0 aromatic rings. The Morgan fingerprint density at radius 3 is 1.76 bits per heavy atom. The molecule has 2 fully saturated rings. The van der Waals surface area contributed by atoms with Crippen LogP contribution in [-0.2, 0) is 9.47 Å². The highest BCUT2D eigenvalue weighted by molar-refractivity contribution is 5.28. The first kappa shape index (κ1) is 13.3. The molecule has 4 nitrogen and oxygen atoms in total. The molecular formula is C13H24O4. The zero-order chi connectivity index (χ0) is 13.5. The van der Waals surface area contributed by atoms with Gasteiger partial charge in [0.15, 0.2) is 0 Å². The maximum Gasteiger partial charge on any atom is 0.129 e. The Labute approximate surface area is 103 Å². The topological polar surface area (TPSA) is 58.9 Å². The molecule has 4 atom stereocenters. The number of hydrogen-bond acceptors (Lipinski definition) is 4. The van der Waals surface area contributed by atoms with Gasteiger partial charge in [-0.3, -0.25) is 0 Å². The summed E-state index contributed by atoms with van der Waals surface area (Å²) in [5.74, 6) is 0. The Hall–Kier alpha value is -0.160. The van der Waals surface area contributed by atoms with Crippen LogP contribution in [0.25, 0.3) is 0 Å². The van der Waals surface area contributed by atoms with Gasteiger partial charge in [0.25, 0.3) is 0 Å². The van der Waals surface area contributed by atoms with Crippen molar-refractivity contribution in [1.29, 1.82) is 0 Å². The normalized spacial score (nSPS) is 55.9. The Balaban J connectivity index is 2.61. The molecule has 4 heteroatoms. The number of ether oxygens (including phenoxy) is 2. The van der Waals surface area contributed by atoms with Crippen LogP contribution < -0.4 is 0 Å². The van der Waals surface area contributed by atoms with Crippen molar-refractivity contribution in [2.24, 2.45) is 0 Å². The fourth-order valence-electron chi connectivity index (χ4n) is 3.55. The second-order valence-corrected chi connectivity index (χ2v) is 6.93. The average molecular weight is 244 g/mol. The molecule has 2 aliphatic heterocycles. The molecule has 0 amide bonds. The number of fused-ring (bicyclic) bond motifs is 1. The highest BCUT2D eigenvalue weighted by Crippen LogP contribution is 2.61. The van der Waals surface area contributed by atoms with Crippen LogP contribution in [0.2, 0.25) is 0 Å². The van der Waals surface area contributed by atoms with Gasteiger partial charge in [-0.15, -0.1) is 0 Å². The van der Waals surface area contributed by atoms with Crippen molar-refractivity contribution >= 4 is 0 Å². The molecule has 0 saturated carbocycles. The van der Waals surface area contributed by atoms with Crippen LogP contribution in [0.4, 0.5) is 0 Å². The average Bonchev–Trinajstić information content (AvgIpc) is 2.30. The van der Waals surface area contributed by atoms with E-state index in [2.05, 4.69) is 0 Å². The van der Waals surface area contributed by atoms with Gasteiger partial charge >= 0.3 is 0 Å². The lowest BCUT2D eigenvalue weighted by Crippen LogP contribution is -2.61. The maximum atomic E-state index is 10.8. The summed E-state index contributed by atoms with van der Waals surface area (Å²) < 4.78 is 12.0. The predicted octanol–water partition coefficient (Wildman–Crippen LogP) is 1.23. The third-order valence-corrected chi connectivity index (χ3v) is 5.16. The summed E-state index contributed by atoms with van der Waals surface area (Å²) in [6.07, 6.45) is -0.784. The number of rotatable bonds is 0. The van der Waals surface area contributed by atoms with Crippen LogP contribution in [0.5, 0.6) is 0 Å². The molecule has 0 aromatic heterocycles. The minimum absolute atomic E-state index is 0.732. The molecule has 0 bridgehead atoms. The largest absolute Gasteiger partial charge is 0.387 e. The Morgan fingerprint density at radius 1 is 0.882 bits per heavy atom. The molecule has 2 rings (SSSR count). The van der Waals surface area contributed by atoms with E-state index in [1.54, 1.807) is 6.92 Å². The van der Waals surface area contributed by atoms with E-state index in [0.717, 1.165) is 0 Å². The summed E-state index contributed by atoms with van der Waals surface area (Å²) in [7, 11) is 0. The van der Waals surface area contributed by atoms with Crippen LogP contribution in [0.1, 0.15) is 48.5 Å².